The Kier molecular flexibility index (Phi) is 75.4. The number of hydrogen-bond acceptors (Lipinski definition) is 15. The van der Waals surface area contributed by atoms with E-state index in [9.17, 15) is 43.2 Å². The highest BCUT2D eigenvalue weighted by Gasteiger charge is 2.30. The molecule has 0 aromatic rings. The maximum atomic E-state index is 13.1. The molecule has 0 aliphatic rings. The second kappa shape index (κ2) is 77.3. The zero-order chi connectivity index (χ0) is 76.2. The van der Waals surface area contributed by atoms with Crippen molar-refractivity contribution in [2.45, 2.75) is 451 Å². The largest absolute Gasteiger partial charge is 0.472 e. The van der Waals surface area contributed by atoms with Crippen LogP contribution in [-0.4, -0.2) is 96.7 Å². The monoisotopic (exact) mass is 1520 g/mol. The van der Waals surface area contributed by atoms with E-state index in [1.165, 1.54) is 238 Å². The smallest absolute Gasteiger partial charge is 0.462 e. The van der Waals surface area contributed by atoms with Crippen LogP contribution < -0.4 is 0 Å². The number of ether oxygens (including phenoxy) is 4. The summed E-state index contributed by atoms with van der Waals surface area (Å²) in [6.45, 7) is 7.27. The lowest BCUT2D eigenvalue weighted by molar-refractivity contribution is -0.161. The van der Waals surface area contributed by atoms with Crippen molar-refractivity contribution >= 4 is 39.5 Å². The number of hydrogen-bond donors (Lipinski definition) is 3. The number of aliphatic hydroxyl groups is 1. The van der Waals surface area contributed by atoms with Crippen LogP contribution in [0.4, 0.5) is 0 Å². The molecule has 614 valence electrons. The Morgan fingerprint density at radius 3 is 0.788 bits per heavy atom. The average molecular weight is 1520 g/mol. The number of phosphoric acid groups is 2. The predicted octanol–water partition coefficient (Wildman–Crippen LogP) is 25.5. The van der Waals surface area contributed by atoms with Gasteiger partial charge in [-0.1, -0.05) is 380 Å². The first-order valence-electron chi connectivity index (χ1n) is 43.5. The molecule has 0 spiro atoms. The Hall–Kier alpha value is -2.46. The van der Waals surface area contributed by atoms with E-state index in [0.717, 1.165) is 115 Å². The Labute approximate surface area is 637 Å². The third kappa shape index (κ3) is 77.7. The van der Waals surface area contributed by atoms with Gasteiger partial charge in [0.15, 0.2) is 12.2 Å². The molecule has 0 aromatic carbocycles. The maximum Gasteiger partial charge on any atom is 0.472 e. The number of rotatable bonds is 83. The maximum absolute atomic E-state index is 13.1. The number of aliphatic hydroxyl groups excluding tert-OH is 1. The quantitative estimate of drug-likeness (QED) is 0.0169. The molecule has 0 amide bonds. The number of carbonyl (C=O) groups is 4. The Balaban J connectivity index is 5.26. The van der Waals surface area contributed by atoms with Gasteiger partial charge < -0.3 is 33.8 Å². The van der Waals surface area contributed by atoms with E-state index in [-0.39, 0.29) is 25.7 Å². The van der Waals surface area contributed by atoms with Crippen molar-refractivity contribution in [1.29, 1.82) is 0 Å². The van der Waals surface area contributed by atoms with Gasteiger partial charge in [-0.2, -0.15) is 0 Å². The van der Waals surface area contributed by atoms with E-state index in [1.807, 2.05) is 0 Å². The highest BCUT2D eigenvalue weighted by atomic mass is 31.2. The van der Waals surface area contributed by atoms with Crippen molar-refractivity contribution in [1.82, 2.24) is 0 Å². The number of phosphoric ester groups is 2. The summed E-state index contributed by atoms with van der Waals surface area (Å²) in [4.78, 5) is 73.2. The zero-order valence-corrected chi connectivity index (χ0v) is 69.4. The van der Waals surface area contributed by atoms with Gasteiger partial charge in [-0.05, 0) is 57.3 Å². The fraction of sp³-hybridized carbons (Fsp3) is 0.906. The van der Waals surface area contributed by atoms with Crippen molar-refractivity contribution in [3.63, 3.8) is 0 Å². The van der Waals surface area contributed by atoms with E-state index < -0.39 is 97.5 Å². The number of esters is 4. The van der Waals surface area contributed by atoms with Crippen LogP contribution in [0.2, 0.25) is 0 Å². The minimum atomic E-state index is -4.97. The first-order chi connectivity index (χ1) is 50.5. The molecule has 0 aromatic heterocycles. The second-order valence-corrected chi connectivity index (χ2v) is 33.3. The van der Waals surface area contributed by atoms with Gasteiger partial charge in [0.1, 0.15) is 19.3 Å². The summed E-state index contributed by atoms with van der Waals surface area (Å²) < 4.78 is 68.8. The van der Waals surface area contributed by atoms with E-state index in [4.69, 9.17) is 37.0 Å². The normalized spacial score (nSPS) is 13.9. The standard InChI is InChI=1S/C85H162O17P2/c1-6-9-12-15-18-21-24-27-30-31-32-33-34-35-36-39-42-45-50-56-61-66-71-85(90)101-80(74-95-82(87)68-63-58-53-48-43-40-37-28-25-22-19-16-13-10-7-2)76-99-103(91,92)97-72-79(86)73-98-104(93,94)100-77-81(75-96-83(88)69-64-59-54-51-46-47-52-57-62-67-78(4)5)102-84(89)70-65-60-55-49-44-41-38-29-26-23-20-17-14-11-8-3/h22,25,28,37,78-81,86H,6-21,23-24,26-27,29-36,38-77H2,1-5H3,(H,91,92)(H,93,94)/b25-22-,37-28-/t79-,80-,81-/m1/s1. The summed E-state index contributed by atoms with van der Waals surface area (Å²) in [6, 6.07) is 0. The van der Waals surface area contributed by atoms with Crippen molar-refractivity contribution in [2.24, 2.45) is 5.92 Å². The van der Waals surface area contributed by atoms with Crippen LogP contribution in [0.15, 0.2) is 24.3 Å². The highest BCUT2D eigenvalue weighted by Crippen LogP contribution is 2.45. The summed E-state index contributed by atoms with van der Waals surface area (Å²) in [5.74, 6) is -1.39. The molecule has 0 fully saturated rings. The van der Waals surface area contributed by atoms with Crippen molar-refractivity contribution in [2.75, 3.05) is 39.6 Å². The van der Waals surface area contributed by atoms with Gasteiger partial charge >= 0.3 is 39.5 Å². The van der Waals surface area contributed by atoms with E-state index in [2.05, 4.69) is 58.9 Å². The van der Waals surface area contributed by atoms with Crippen LogP contribution in [-0.2, 0) is 65.4 Å². The van der Waals surface area contributed by atoms with Crippen molar-refractivity contribution < 1.29 is 80.2 Å². The fourth-order valence-electron chi connectivity index (χ4n) is 12.8. The molecular formula is C85H162O17P2. The lowest BCUT2D eigenvalue weighted by Gasteiger charge is -2.21. The molecule has 0 bridgehead atoms. The molecule has 19 heteroatoms. The second-order valence-electron chi connectivity index (χ2n) is 30.4. The van der Waals surface area contributed by atoms with Crippen LogP contribution in [0.1, 0.15) is 433 Å². The molecule has 0 saturated carbocycles. The zero-order valence-electron chi connectivity index (χ0n) is 67.7. The van der Waals surface area contributed by atoms with Crippen LogP contribution in [0.5, 0.6) is 0 Å². The minimum Gasteiger partial charge on any atom is -0.462 e. The lowest BCUT2D eigenvalue weighted by Crippen LogP contribution is -2.30. The summed E-state index contributed by atoms with van der Waals surface area (Å²) in [7, 11) is -9.94. The third-order valence-corrected chi connectivity index (χ3v) is 21.3. The van der Waals surface area contributed by atoms with E-state index in [1.54, 1.807) is 0 Å². The van der Waals surface area contributed by atoms with Crippen molar-refractivity contribution in [3.8, 4) is 0 Å². The summed E-state index contributed by atoms with van der Waals surface area (Å²) in [6.07, 6.45) is 73.0. The molecule has 3 N–H and O–H groups in total. The minimum absolute atomic E-state index is 0.102. The van der Waals surface area contributed by atoms with Gasteiger partial charge in [0.2, 0.25) is 0 Å². The summed E-state index contributed by atoms with van der Waals surface area (Å²) in [5, 5.41) is 10.7. The number of carbonyl (C=O) groups excluding carboxylic acids is 4. The van der Waals surface area contributed by atoms with Crippen molar-refractivity contribution in [3.05, 3.63) is 24.3 Å². The molecule has 5 atom stereocenters. The van der Waals surface area contributed by atoms with Gasteiger partial charge in [0, 0.05) is 25.7 Å². The Morgan fingerprint density at radius 1 is 0.298 bits per heavy atom. The van der Waals surface area contributed by atoms with Gasteiger partial charge in [-0.3, -0.25) is 37.3 Å². The molecule has 0 saturated heterocycles. The van der Waals surface area contributed by atoms with Gasteiger partial charge in [-0.25, -0.2) is 9.13 Å². The van der Waals surface area contributed by atoms with Crippen LogP contribution >= 0.6 is 15.6 Å². The third-order valence-electron chi connectivity index (χ3n) is 19.4. The molecular weight excluding hydrogens is 1350 g/mol. The summed E-state index contributed by atoms with van der Waals surface area (Å²) >= 11 is 0. The van der Waals surface area contributed by atoms with Gasteiger partial charge in [0.25, 0.3) is 0 Å². The lowest BCUT2D eigenvalue weighted by atomic mass is 10.0. The molecule has 0 aliphatic heterocycles. The van der Waals surface area contributed by atoms with Crippen LogP contribution in [0.3, 0.4) is 0 Å². The molecule has 0 radical (unpaired) electrons. The first kappa shape index (κ1) is 102. The Morgan fingerprint density at radius 2 is 0.519 bits per heavy atom. The molecule has 0 rings (SSSR count). The Bertz CT molecular complexity index is 2070. The van der Waals surface area contributed by atoms with E-state index >= 15 is 0 Å². The predicted molar refractivity (Wildman–Crippen MR) is 428 cm³/mol. The molecule has 104 heavy (non-hydrogen) atoms. The van der Waals surface area contributed by atoms with Crippen LogP contribution in [0.25, 0.3) is 0 Å². The molecule has 0 aliphatic carbocycles. The molecule has 17 nitrogen and oxygen atoms in total. The first-order valence-corrected chi connectivity index (χ1v) is 46.4. The fourth-order valence-corrected chi connectivity index (χ4v) is 14.3. The average Bonchev–Trinajstić information content (AvgIpc) is 0.921. The van der Waals surface area contributed by atoms with Crippen LogP contribution in [0, 0.1) is 5.92 Å². The van der Waals surface area contributed by atoms with Gasteiger partial charge in [0.05, 0.1) is 26.4 Å². The number of unbranched alkanes of at least 4 members (excludes halogenated alkanes) is 52. The SMILES string of the molecule is CCCCCC/C=C\C=C/CCCCCCCC(=O)OC[C@H](COP(=O)(O)OC[C@@H](O)COP(=O)(O)OC[C@@H](COC(=O)CCCCCCCCCCCC(C)C)OC(=O)CCCCCCCCCCCCCCCCC)OC(=O)CCCCCCCCCCCCCCCCCCCCCCCC. The molecule has 0 heterocycles. The van der Waals surface area contributed by atoms with E-state index in [0.29, 0.717) is 25.7 Å². The topological polar surface area (TPSA) is 237 Å². The summed E-state index contributed by atoms with van der Waals surface area (Å²) in [5.41, 5.74) is 0. The van der Waals surface area contributed by atoms with Gasteiger partial charge in [-0.15, -0.1) is 0 Å². The molecule has 2 unspecified atom stereocenters. The highest BCUT2D eigenvalue weighted by molar-refractivity contribution is 7.47. The number of allylic oxidation sites excluding steroid dienone is 4.